The Morgan fingerprint density at radius 2 is 1.96 bits per heavy atom. The monoisotopic (exact) mass is 428 g/mol. The molecule has 0 spiro atoms. The van der Waals surface area contributed by atoms with Crippen molar-refractivity contribution in [3.8, 4) is 0 Å². The molecule has 1 N–H and O–H groups in total. The Morgan fingerprint density at radius 1 is 1.30 bits per heavy atom. The van der Waals surface area contributed by atoms with Crippen LogP contribution < -0.4 is 4.98 Å². The first-order valence-corrected chi connectivity index (χ1v) is 16.8. The van der Waals surface area contributed by atoms with Crippen LogP contribution in [0.25, 0.3) is 0 Å². The standard InChI is InChI=1S/C17H28N2O5SSi2/c1-26(2,3)18-13-15(21)19-14(17(22)24-27(4,5)6)12(10-25-16(13)19)8-7-9-23-11-20/h7-8,11,13,16,18H,9-10H2,1-6H3/b8-7+/t13?,16-/m1/s1. The van der Waals surface area contributed by atoms with Crippen LogP contribution in [-0.4, -0.2) is 63.6 Å². The fourth-order valence-corrected chi connectivity index (χ4v) is 6.14. The molecule has 2 aliphatic heterocycles. The van der Waals surface area contributed by atoms with Gasteiger partial charge in [0.25, 0.3) is 6.47 Å². The van der Waals surface area contributed by atoms with Gasteiger partial charge in [-0.05, 0) is 31.3 Å². The Balaban J connectivity index is 2.30. The Morgan fingerprint density at radius 3 is 2.52 bits per heavy atom. The van der Waals surface area contributed by atoms with Crippen LogP contribution in [0.15, 0.2) is 23.4 Å². The van der Waals surface area contributed by atoms with Gasteiger partial charge in [-0.2, -0.15) is 0 Å². The zero-order chi connectivity index (χ0) is 20.4. The van der Waals surface area contributed by atoms with E-state index in [9.17, 15) is 14.4 Å². The van der Waals surface area contributed by atoms with Gasteiger partial charge < -0.3 is 14.1 Å². The predicted molar refractivity (Wildman–Crippen MR) is 111 cm³/mol. The molecule has 0 aromatic rings. The third-order valence-electron chi connectivity index (χ3n) is 3.76. The van der Waals surface area contributed by atoms with Gasteiger partial charge in [-0.3, -0.25) is 14.5 Å². The van der Waals surface area contributed by atoms with Crippen molar-refractivity contribution in [2.45, 2.75) is 50.7 Å². The van der Waals surface area contributed by atoms with E-state index in [-0.39, 0.29) is 23.9 Å². The lowest BCUT2D eigenvalue weighted by Crippen LogP contribution is -2.73. The van der Waals surface area contributed by atoms with Crippen molar-refractivity contribution < 1.29 is 23.5 Å². The van der Waals surface area contributed by atoms with Gasteiger partial charge in [-0.25, -0.2) is 4.79 Å². The molecule has 2 aliphatic rings. The zero-order valence-corrected chi connectivity index (χ0v) is 19.5. The van der Waals surface area contributed by atoms with Gasteiger partial charge >= 0.3 is 5.97 Å². The highest BCUT2D eigenvalue weighted by Crippen LogP contribution is 2.41. The van der Waals surface area contributed by atoms with Gasteiger partial charge in [0.15, 0.2) is 0 Å². The molecule has 1 saturated heterocycles. The number of nitrogens with one attached hydrogen (secondary N) is 1. The van der Waals surface area contributed by atoms with E-state index in [1.54, 1.807) is 28.8 Å². The molecule has 1 unspecified atom stereocenters. The minimum atomic E-state index is -2.11. The molecule has 1 amide bonds. The lowest BCUT2D eigenvalue weighted by Gasteiger charge is -2.51. The second-order valence-corrected chi connectivity index (χ2v) is 18.8. The molecule has 1 fully saturated rings. The molecule has 0 aromatic carbocycles. The van der Waals surface area contributed by atoms with Crippen molar-refractivity contribution in [3.63, 3.8) is 0 Å². The lowest BCUT2D eigenvalue weighted by molar-refractivity contribution is -0.147. The van der Waals surface area contributed by atoms with Crippen molar-refractivity contribution in [1.29, 1.82) is 0 Å². The summed E-state index contributed by atoms with van der Waals surface area (Å²) >= 11 is 1.63. The highest BCUT2D eigenvalue weighted by Gasteiger charge is 2.54. The molecule has 2 rings (SSSR count). The Hall–Kier alpha value is -1.37. The third-order valence-corrected chi connectivity index (χ3v) is 7.04. The van der Waals surface area contributed by atoms with Crippen LogP contribution >= 0.6 is 11.8 Å². The molecule has 0 saturated carbocycles. The summed E-state index contributed by atoms with van der Waals surface area (Å²) in [5, 5.41) is -0.100. The number of thioether (sulfide) groups is 1. The van der Waals surface area contributed by atoms with E-state index in [0.717, 1.165) is 0 Å². The zero-order valence-electron chi connectivity index (χ0n) is 16.7. The summed E-state index contributed by atoms with van der Waals surface area (Å²) in [5.41, 5.74) is 1.04. The van der Waals surface area contributed by atoms with Crippen molar-refractivity contribution >= 4 is 46.7 Å². The number of hydrogen-bond donors (Lipinski definition) is 1. The van der Waals surface area contributed by atoms with Crippen LogP contribution in [0.5, 0.6) is 0 Å². The van der Waals surface area contributed by atoms with Crippen LogP contribution in [0.1, 0.15) is 0 Å². The number of β-lactam (4-membered cyclic amide) rings is 1. The maximum absolute atomic E-state index is 12.9. The van der Waals surface area contributed by atoms with E-state index < -0.39 is 22.5 Å². The first kappa shape index (κ1) is 21.9. The Kier molecular flexibility index (Phi) is 6.77. The van der Waals surface area contributed by atoms with Crippen LogP contribution in [0.4, 0.5) is 0 Å². The fourth-order valence-electron chi connectivity index (χ4n) is 2.84. The molecule has 2 heterocycles. The minimum Gasteiger partial charge on any atom is -0.515 e. The molecular weight excluding hydrogens is 400 g/mol. The molecule has 0 aromatic heterocycles. The van der Waals surface area contributed by atoms with Gasteiger partial charge in [0, 0.05) is 5.75 Å². The molecule has 27 heavy (non-hydrogen) atoms. The first-order valence-electron chi connectivity index (χ1n) is 8.85. The molecule has 10 heteroatoms. The summed E-state index contributed by atoms with van der Waals surface area (Å²) in [7, 11) is -3.76. The quantitative estimate of drug-likeness (QED) is 0.274. The maximum atomic E-state index is 12.9. The SMILES string of the molecule is C[Si](C)(C)NC1C(=O)N2C(C(=O)O[Si](C)(C)C)=C(/C=C/COC=O)CS[C@H]12. The Labute approximate surface area is 166 Å². The van der Waals surface area contributed by atoms with E-state index in [4.69, 9.17) is 4.43 Å². The predicted octanol–water partition coefficient (Wildman–Crippen LogP) is 2.06. The number of allylic oxidation sites excluding steroid dienone is 1. The van der Waals surface area contributed by atoms with Crippen LogP contribution in [0.3, 0.4) is 0 Å². The number of rotatable bonds is 8. The average Bonchev–Trinajstić information content (AvgIpc) is 2.53. The average molecular weight is 429 g/mol. The third kappa shape index (κ3) is 5.56. The van der Waals surface area contributed by atoms with E-state index in [0.29, 0.717) is 23.5 Å². The van der Waals surface area contributed by atoms with Crippen LogP contribution in [0.2, 0.25) is 39.3 Å². The largest absolute Gasteiger partial charge is 0.515 e. The van der Waals surface area contributed by atoms with Crippen molar-refractivity contribution in [2.75, 3.05) is 12.4 Å². The number of ether oxygens (including phenoxy) is 1. The van der Waals surface area contributed by atoms with Gasteiger partial charge in [-0.1, -0.05) is 25.7 Å². The normalized spacial score (nSPS) is 23.2. The van der Waals surface area contributed by atoms with E-state index in [1.165, 1.54) is 0 Å². The van der Waals surface area contributed by atoms with E-state index in [1.807, 2.05) is 19.6 Å². The highest BCUT2D eigenvalue weighted by atomic mass is 32.2. The summed E-state index contributed by atoms with van der Waals surface area (Å²) in [4.78, 5) is 41.0. The van der Waals surface area contributed by atoms with Crippen LogP contribution in [-0.2, 0) is 23.5 Å². The maximum Gasteiger partial charge on any atom is 0.342 e. The minimum absolute atomic E-state index is 0.0906. The van der Waals surface area contributed by atoms with Crippen molar-refractivity contribution in [2.24, 2.45) is 0 Å². The lowest BCUT2D eigenvalue weighted by atomic mass is 10.0. The number of amides is 1. The summed E-state index contributed by atoms with van der Waals surface area (Å²) < 4.78 is 10.3. The number of carbonyl (C=O) groups is 3. The molecule has 7 nitrogen and oxygen atoms in total. The molecular formula is C17H28N2O5SSi2. The second kappa shape index (κ2) is 8.33. The van der Waals surface area contributed by atoms with Crippen molar-refractivity contribution in [3.05, 3.63) is 23.4 Å². The first-order chi connectivity index (χ1) is 12.4. The number of fused-ring (bicyclic) bond motifs is 1. The summed E-state index contributed by atoms with van der Waals surface area (Å²) in [6.45, 7) is 12.7. The van der Waals surface area contributed by atoms with E-state index >= 15 is 0 Å². The fraction of sp³-hybridized carbons (Fsp3) is 0.588. The van der Waals surface area contributed by atoms with Crippen LogP contribution in [0, 0.1) is 0 Å². The van der Waals surface area contributed by atoms with Gasteiger partial charge in [0.2, 0.25) is 14.2 Å². The second-order valence-electron chi connectivity index (χ2n) is 8.49. The number of hydrogen-bond acceptors (Lipinski definition) is 7. The summed E-state index contributed by atoms with van der Waals surface area (Å²) in [6, 6.07) is -0.264. The summed E-state index contributed by atoms with van der Waals surface area (Å²) in [6.07, 6.45) is 3.40. The number of nitrogens with zero attached hydrogens (tertiary/aromatic N) is 1. The molecule has 0 bridgehead atoms. The summed E-state index contributed by atoms with van der Waals surface area (Å²) in [5.74, 6) is 0.0499. The van der Waals surface area contributed by atoms with Gasteiger partial charge in [0.1, 0.15) is 32.0 Å². The van der Waals surface area contributed by atoms with Gasteiger partial charge in [0.05, 0.1) is 0 Å². The molecule has 2 atom stereocenters. The van der Waals surface area contributed by atoms with E-state index in [2.05, 4.69) is 29.4 Å². The molecule has 150 valence electrons. The smallest absolute Gasteiger partial charge is 0.342 e. The van der Waals surface area contributed by atoms with Crippen molar-refractivity contribution in [1.82, 2.24) is 9.88 Å². The molecule has 0 aliphatic carbocycles. The molecule has 0 radical (unpaired) electrons. The van der Waals surface area contributed by atoms with Gasteiger partial charge in [-0.15, -0.1) is 11.8 Å². The highest BCUT2D eigenvalue weighted by molar-refractivity contribution is 8.00. The topological polar surface area (TPSA) is 84.9 Å². The Bertz CT molecular complexity index is 682. The number of carbonyl (C=O) groups excluding carboxylic acids is 3.